The fourth-order valence-corrected chi connectivity index (χ4v) is 2.43. The first-order chi connectivity index (χ1) is 9.63. The van der Waals surface area contributed by atoms with E-state index in [0.29, 0.717) is 0 Å². The van der Waals surface area contributed by atoms with E-state index in [1.54, 1.807) is 7.11 Å². The van der Waals surface area contributed by atoms with Crippen molar-refractivity contribution < 1.29 is 4.74 Å². The maximum absolute atomic E-state index is 6.26. The predicted molar refractivity (Wildman–Crippen MR) is 83.4 cm³/mol. The van der Waals surface area contributed by atoms with Gasteiger partial charge in [0, 0.05) is 26.7 Å². The third kappa shape index (κ3) is 3.51. The lowest BCUT2D eigenvalue weighted by Crippen LogP contribution is -2.27. The molecule has 2 rings (SSSR count). The molecule has 20 heavy (non-hydrogen) atoms. The van der Waals surface area contributed by atoms with E-state index in [1.165, 1.54) is 0 Å². The fourth-order valence-electron chi connectivity index (χ4n) is 2.26. The van der Waals surface area contributed by atoms with Crippen LogP contribution in [0.4, 0.5) is 0 Å². The molecule has 0 radical (unpaired) electrons. The summed E-state index contributed by atoms with van der Waals surface area (Å²) in [6.07, 6.45) is 0. The summed E-state index contributed by atoms with van der Waals surface area (Å²) in [4.78, 5) is 6.89. The SMILES string of the molecule is COCCN(C)CCn1c(C(C)Cl)nc2ccccc21. The lowest BCUT2D eigenvalue weighted by Gasteiger charge is -2.18. The molecule has 1 aromatic heterocycles. The molecule has 0 aliphatic heterocycles. The molecule has 1 heterocycles. The number of likely N-dealkylation sites (N-methyl/N-ethyl adjacent to an activating group) is 1. The van der Waals surface area contributed by atoms with Crippen LogP contribution < -0.4 is 0 Å². The summed E-state index contributed by atoms with van der Waals surface area (Å²) >= 11 is 6.26. The average molecular weight is 296 g/mol. The highest BCUT2D eigenvalue weighted by Gasteiger charge is 2.14. The van der Waals surface area contributed by atoms with Crippen LogP contribution in [0.2, 0.25) is 0 Å². The third-order valence-corrected chi connectivity index (χ3v) is 3.62. The molecule has 2 aromatic rings. The Morgan fingerprint density at radius 1 is 1.35 bits per heavy atom. The van der Waals surface area contributed by atoms with Crippen LogP contribution in [0.15, 0.2) is 24.3 Å². The summed E-state index contributed by atoms with van der Waals surface area (Å²) in [6.45, 7) is 5.47. The molecule has 0 aliphatic carbocycles. The van der Waals surface area contributed by atoms with Crippen LogP contribution in [0.25, 0.3) is 11.0 Å². The summed E-state index contributed by atoms with van der Waals surface area (Å²) in [5, 5.41) is -0.0910. The molecule has 1 atom stereocenters. The second-order valence-electron chi connectivity index (χ2n) is 5.02. The molecule has 0 aliphatic rings. The smallest absolute Gasteiger partial charge is 0.127 e. The van der Waals surface area contributed by atoms with Crippen LogP contribution in [0, 0.1) is 0 Å². The Morgan fingerprint density at radius 3 is 2.80 bits per heavy atom. The number of rotatable bonds is 7. The van der Waals surface area contributed by atoms with E-state index in [0.717, 1.165) is 43.1 Å². The van der Waals surface area contributed by atoms with E-state index < -0.39 is 0 Å². The standard InChI is InChI=1S/C15H22ClN3O/c1-12(16)15-17-13-6-4-5-7-14(13)19(15)9-8-18(2)10-11-20-3/h4-7,12H,8-11H2,1-3H3. The number of benzene rings is 1. The van der Waals surface area contributed by atoms with Crippen molar-refractivity contribution in [2.45, 2.75) is 18.8 Å². The molecule has 0 bridgehead atoms. The molecule has 4 nitrogen and oxygen atoms in total. The number of imidazole rings is 1. The highest BCUT2D eigenvalue weighted by atomic mass is 35.5. The Balaban J connectivity index is 2.17. The molecule has 0 amide bonds. The molecule has 0 N–H and O–H groups in total. The van der Waals surface area contributed by atoms with E-state index in [1.807, 2.05) is 25.1 Å². The van der Waals surface area contributed by atoms with Crippen LogP contribution in [0.1, 0.15) is 18.1 Å². The molecular formula is C15H22ClN3O. The summed E-state index contributed by atoms with van der Waals surface area (Å²) in [6, 6.07) is 8.17. The molecule has 1 unspecified atom stereocenters. The Hall–Kier alpha value is -1.10. The summed E-state index contributed by atoms with van der Waals surface area (Å²) in [5.74, 6) is 0.938. The number of hydrogen-bond acceptors (Lipinski definition) is 3. The monoisotopic (exact) mass is 295 g/mol. The first-order valence-electron chi connectivity index (χ1n) is 6.90. The van der Waals surface area contributed by atoms with Crippen LogP contribution in [0.3, 0.4) is 0 Å². The van der Waals surface area contributed by atoms with Crippen molar-refractivity contribution in [3.05, 3.63) is 30.1 Å². The highest BCUT2D eigenvalue weighted by Crippen LogP contribution is 2.24. The average Bonchev–Trinajstić information content (AvgIpc) is 2.82. The quantitative estimate of drug-likeness (QED) is 0.736. The van der Waals surface area contributed by atoms with Crippen molar-refractivity contribution in [3.63, 3.8) is 0 Å². The molecule has 0 fully saturated rings. The summed E-state index contributed by atoms with van der Waals surface area (Å²) in [5.41, 5.74) is 2.16. The number of aromatic nitrogens is 2. The molecule has 5 heteroatoms. The minimum atomic E-state index is -0.0910. The zero-order valence-electron chi connectivity index (χ0n) is 12.3. The minimum Gasteiger partial charge on any atom is -0.383 e. The number of alkyl halides is 1. The van der Waals surface area contributed by atoms with Gasteiger partial charge in [0.2, 0.25) is 0 Å². The van der Waals surface area contributed by atoms with E-state index in [4.69, 9.17) is 16.3 Å². The normalized spacial score (nSPS) is 13.2. The van der Waals surface area contributed by atoms with Gasteiger partial charge < -0.3 is 14.2 Å². The lowest BCUT2D eigenvalue weighted by atomic mass is 10.3. The van der Waals surface area contributed by atoms with Gasteiger partial charge in [0.1, 0.15) is 5.82 Å². The third-order valence-electron chi connectivity index (χ3n) is 3.42. The van der Waals surface area contributed by atoms with Gasteiger partial charge in [-0.25, -0.2) is 4.98 Å². The van der Waals surface area contributed by atoms with E-state index in [9.17, 15) is 0 Å². The Labute approximate surface area is 125 Å². The van der Waals surface area contributed by atoms with E-state index in [-0.39, 0.29) is 5.38 Å². The minimum absolute atomic E-state index is 0.0910. The predicted octanol–water partition coefficient (Wildman–Crippen LogP) is 2.91. The second-order valence-corrected chi connectivity index (χ2v) is 5.68. The van der Waals surface area contributed by atoms with Gasteiger partial charge in [0.25, 0.3) is 0 Å². The molecule has 0 saturated carbocycles. The Bertz CT molecular complexity index is 553. The highest BCUT2D eigenvalue weighted by molar-refractivity contribution is 6.20. The Morgan fingerprint density at radius 2 is 2.10 bits per heavy atom. The van der Waals surface area contributed by atoms with Gasteiger partial charge in [-0.2, -0.15) is 0 Å². The van der Waals surface area contributed by atoms with Crippen LogP contribution in [-0.2, 0) is 11.3 Å². The topological polar surface area (TPSA) is 30.3 Å². The molecule has 110 valence electrons. The lowest BCUT2D eigenvalue weighted by molar-refractivity contribution is 0.159. The molecule has 0 spiro atoms. The molecule has 1 aromatic carbocycles. The van der Waals surface area contributed by atoms with E-state index >= 15 is 0 Å². The van der Waals surface area contributed by atoms with Crippen LogP contribution >= 0.6 is 11.6 Å². The number of nitrogens with zero attached hydrogens (tertiary/aromatic N) is 3. The van der Waals surface area contributed by atoms with Gasteiger partial charge >= 0.3 is 0 Å². The number of halogens is 1. The first-order valence-corrected chi connectivity index (χ1v) is 7.34. The van der Waals surface area contributed by atoms with Crippen molar-refractivity contribution >= 4 is 22.6 Å². The first kappa shape index (κ1) is 15.3. The van der Waals surface area contributed by atoms with Gasteiger partial charge in [-0.3, -0.25) is 0 Å². The van der Waals surface area contributed by atoms with Crippen molar-refractivity contribution in [2.75, 3.05) is 33.9 Å². The number of fused-ring (bicyclic) bond motifs is 1. The molecular weight excluding hydrogens is 274 g/mol. The zero-order chi connectivity index (χ0) is 14.5. The maximum Gasteiger partial charge on any atom is 0.127 e. The summed E-state index contributed by atoms with van der Waals surface area (Å²) in [7, 11) is 3.83. The largest absolute Gasteiger partial charge is 0.383 e. The number of methoxy groups -OCH3 is 1. The van der Waals surface area contributed by atoms with Crippen LogP contribution in [-0.4, -0.2) is 48.3 Å². The van der Waals surface area contributed by atoms with Crippen molar-refractivity contribution in [1.29, 1.82) is 0 Å². The van der Waals surface area contributed by atoms with Crippen molar-refractivity contribution in [2.24, 2.45) is 0 Å². The maximum atomic E-state index is 6.26. The van der Waals surface area contributed by atoms with Gasteiger partial charge in [-0.05, 0) is 26.1 Å². The number of hydrogen-bond donors (Lipinski definition) is 0. The fraction of sp³-hybridized carbons (Fsp3) is 0.533. The van der Waals surface area contributed by atoms with E-state index in [2.05, 4.69) is 27.6 Å². The van der Waals surface area contributed by atoms with Gasteiger partial charge in [-0.1, -0.05) is 12.1 Å². The molecule has 0 saturated heterocycles. The summed E-state index contributed by atoms with van der Waals surface area (Å²) < 4.78 is 7.32. The van der Waals surface area contributed by atoms with Gasteiger partial charge in [0.15, 0.2) is 0 Å². The Kier molecular flexibility index (Phi) is 5.40. The van der Waals surface area contributed by atoms with Gasteiger partial charge in [-0.15, -0.1) is 11.6 Å². The number of para-hydroxylation sites is 2. The van der Waals surface area contributed by atoms with Gasteiger partial charge in [0.05, 0.1) is 23.0 Å². The zero-order valence-corrected chi connectivity index (χ0v) is 13.1. The van der Waals surface area contributed by atoms with Crippen molar-refractivity contribution in [3.8, 4) is 0 Å². The second kappa shape index (κ2) is 7.07. The van der Waals surface area contributed by atoms with Crippen molar-refractivity contribution in [1.82, 2.24) is 14.5 Å². The number of ether oxygens (including phenoxy) is 1. The van der Waals surface area contributed by atoms with Crippen LogP contribution in [0.5, 0.6) is 0 Å².